The second-order valence-electron chi connectivity index (χ2n) is 3.49. The summed E-state index contributed by atoms with van der Waals surface area (Å²) in [5.41, 5.74) is 1.27. The van der Waals surface area contributed by atoms with Gasteiger partial charge in [0.1, 0.15) is 5.82 Å². The second-order valence-corrected chi connectivity index (χ2v) is 3.49. The van der Waals surface area contributed by atoms with Gasteiger partial charge in [0.15, 0.2) is 0 Å². The third kappa shape index (κ3) is 2.03. The molecular formula is C10H14FN. The van der Waals surface area contributed by atoms with Gasteiger partial charge in [0.25, 0.3) is 0 Å². The van der Waals surface area contributed by atoms with Gasteiger partial charge in [0, 0.05) is 6.20 Å². The molecule has 12 heavy (non-hydrogen) atoms. The molecule has 0 radical (unpaired) electrons. The molecule has 0 atom stereocenters. The van der Waals surface area contributed by atoms with Gasteiger partial charge in [-0.15, -0.1) is 0 Å². The van der Waals surface area contributed by atoms with E-state index in [9.17, 15) is 4.39 Å². The molecular weight excluding hydrogens is 153 g/mol. The molecule has 0 N–H and O–H groups in total. The Labute approximate surface area is 72.6 Å². The number of aryl methyl sites for hydroxylation is 1. The van der Waals surface area contributed by atoms with Crippen molar-refractivity contribution >= 4 is 0 Å². The molecule has 0 unspecified atom stereocenters. The van der Waals surface area contributed by atoms with Crippen molar-refractivity contribution in [2.45, 2.75) is 27.2 Å². The number of aromatic nitrogens is 1. The van der Waals surface area contributed by atoms with Gasteiger partial charge in [-0.2, -0.15) is 0 Å². The number of halogens is 1. The van der Waals surface area contributed by atoms with E-state index in [4.69, 9.17) is 0 Å². The first-order valence-electron chi connectivity index (χ1n) is 4.21. The monoisotopic (exact) mass is 167 g/mol. The Balaban J connectivity index is 2.92. The molecule has 1 aromatic rings. The van der Waals surface area contributed by atoms with Gasteiger partial charge in [-0.3, -0.25) is 4.98 Å². The molecule has 0 saturated heterocycles. The highest BCUT2D eigenvalue weighted by molar-refractivity contribution is 5.17. The van der Waals surface area contributed by atoms with E-state index < -0.39 is 0 Å². The average molecular weight is 167 g/mol. The standard InChI is InChI=1S/C10H14FN/c1-7(2)6-9-10(11)8(3)4-5-12-9/h4-5,7H,6H2,1-3H3. The Morgan fingerprint density at radius 1 is 1.50 bits per heavy atom. The molecule has 0 aliphatic heterocycles. The van der Waals surface area contributed by atoms with Gasteiger partial charge in [-0.05, 0) is 30.9 Å². The maximum Gasteiger partial charge on any atom is 0.147 e. The molecule has 0 bridgehead atoms. The third-order valence-corrected chi connectivity index (χ3v) is 1.76. The SMILES string of the molecule is Cc1ccnc(CC(C)C)c1F. The van der Waals surface area contributed by atoms with E-state index in [2.05, 4.69) is 18.8 Å². The highest BCUT2D eigenvalue weighted by Gasteiger charge is 2.07. The van der Waals surface area contributed by atoms with Gasteiger partial charge in [-0.25, -0.2) is 4.39 Å². The van der Waals surface area contributed by atoms with Crippen molar-refractivity contribution in [3.05, 3.63) is 29.3 Å². The molecule has 0 saturated carbocycles. The van der Waals surface area contributed by atoms with Crippen LogP contribution in [-0.4, -0.2) is 4.98 Å². The Bertz CT molecular complexity index is 269. The highest BCUT2D eigenvalue weighted by Crippen LogP contribution is 2.12. The Hall–Kier alpha value is -0.920. The largest absolute Gasteiger partial charge is 0.258 e. The highest BCUT2D eigenvalue weighted by atomic mass is 19.1. The first-order valence-corrected chi connectivity index (χ1v) is 4.21. The quantitative estimate of drug-likeness (QED) is 0.660. The predicted octanol–water partition coefficient (Wildman–Crippen LogP) is 2.73. The van der Waals surface area contributed by atoms with Crippen molar-refractivity contribution in [3.8, 4) is 0 Å². The fraction of sp³-hybridized carbons (Fsp3) is 0.500. The summed E-state index contributed by atoms with van der Waals surface area (Å²) in [6.07, 6.45) is 2.38. The molecule has 2 heteroatoms. The van der Waals surface area contributed by atoms with Gasteiger partial charge in [0.2, 0.25) is 0 Å². The maximum atomic E-state index is 13.3. The number of hydrogen-bond acceptors (Lipinski definition) is 1. The van der Waals surface area contributed by atoms with Crippen LogP contribution in [0.3, 0.4) is 0 Å². The van der Waals surface area contributed by atoms with Crippen LogP contribution in [0.25, 0.3) is 0 Å². The minimum atomic E-state index is -0.147. The third-order valence-electron chi connectivity index (χ3n) is 1.76. The van der Waals surface area contributed by atoms with E-state index in [1.165, 1.54) is 0 Å². The topological polar surface area (TPSA) is 12.9 Å². The van der Waals surface area contributed by atoms with E-state index in [1.54, 1.807) is 19.2 Å². The van der Waals surface area contributed by atoms with Crippen molar-refractivity contribution in [2.24, 2.45) is 5.92 Å². The second kappa shape index (κ2) is 3.65. The van der Waals surface area contributed by atoms with Crippen molar-refractivity contribution in [1.29, 1.82) is 0 Å². The molecule has 0 aliphatic rings. The minimum Gasteiger partial charge on any atom is -0.258 e. The molecule has 0 amide bonds. The van der Waals surface area contributed by atoms with E-state index >= 15 is 0 Å². The van der Waals surface area contributed by atoms with Crippen LogP contribution in [0.2, 0.25) is 0 Å². The summed E-state index contributed by atoms with van der Waals surface area (Å²) in [5.74, 6) is 0.306. The van der Waals surface area contributed by atoms with Crippen LogP contribution in [-0.2, 0) is 6.42 Å². The molecule has 1 aromatic heterocycles. The Morgan fingerprint density at radius 3 is 2.75 bits per heavy atom. The Morgan fingerprint density at radius 2 is 2.17 bits per heavy atom. The lowest BCUT2D eigenvalue weighted by atomic mass is 10.1. The number of nitrogens with zero attached hydrogens (tertiary/aromatic N) is 1. The number of rotatable bonds is 2. The summed E-state index contributed by atoms with van der Waals surface area (Å²) in [4.78, 5) is 4.00. The zero-order valence-electron chi connectivity index (χ0n) is 7.76. The van der Waals surface area contributed by atoms with Crippen molar-refractivity contribution < 1.29 is 4.39 Å². The first kappa shape index (κ1) is 9.17. The predicted molar refractivity (Wildman–Crippen MR) is 47.5 cm³/mol. The molecule has 0 fully saturated rings. The first-order chi connectivity index (χ1) is 5.61. The lowest BCUT2D eigenvalue weighted by Crippen LogP contribution is -2.01. The summed E-state index contributed by atoms with van der Waals surface area (Å²) >= 11 is 0. The van der Waals surface area contributed by atoms with E-state index in [0.717, 1.165) is 0 Å². The van der Waals surface area contributed by atoms with Crippen molar-refractivity contribution in [1.82, 2.24) is 4.98 Å². The average Bonchev–Trinajstić information content (AvgIpc) is 1.98. The van der Waals surface area contributed by atoms with E-state index in [0.29, 0.717) is 23.6 Å². The molecule has 0 aliphatic carbocycles. The van der Waals surface area contributed by atoms with Crippen molar-refractivity contribution in [3.63, 3.8) is 0 Å². The summed E-state index contributed by atoms with van der Waals surface area (Å²) in [6.45, 7) is 5.88. The summed E-state index contributed by atoms with van der Waals surface area (Å²) in [5, 5.41) is 0. The summed E-state index contributed by atoms with van der Waals surface area (Å²) < 4.78 is 13.3. The smallest absolute Gasteiger partial charge is 0.147 e. The zero-order valence-corrected chi connectivity index (χ0v) is 7.76. The fourth-order valence-corrected chi connectivity index (χ4v) is 1.13. The lowest BCUT2D eigenvalue weighted by Gasteiger charge is -2.06. The van der Waals surface area contributed by atoms with E-state index in [1.807, 2.05) is 0 Å². The molecule has 1 rings (SSSR count). The lowest BCUT2D eigenvalue weighted by molar-refractivity contribution is 0.554. The van der Waals surface area contributed by atoms with Gasteiger partial charge < -0.3 is 0 Å². The minimum absolute atomic E-state index is 0.147. The maximum absolute atomic E-state index is 13.3. The summed E-state index contributed by atoms with van der Waals surface area (Å²) in [6, 6.07) is 1.69. The van der Waals surface area contributed by atoms with Gasteiger partial charge in [-0.1, -0.05) is 13.8 Å². The molecule has 0 aromatic carbocycles. The van der Waals surface area contributed by atoms with Crippen LogP contribution in [0.4, 0.5) is 4.39 Å². The molecule has 66 valence electrons. The van der Waals surface area contributed by atoms with Crippen LogP contribution < -0.4 is 0 Å². The van der Waals surface area contributed by atoms with Crippen LogP contribution >= 0.6 is 0 Å². The molecule has 1 heterocycles. The van der Waals surface area contributed by atoms with Crippen LogP contribution in [0.15, 0.2) is 12.3 Å². The summed E-state index contributed by atoms with van der Waals surface area (Å²) in [7, 11) is 0. The van der Waals surface area contributed by atoms with E-state index in [-0.39, 0.29) is 5.82 Å². The van der Waals surface area contributed by atoms with Gasteiger partial charge >= 0.3 is 0 Å². The Kier molecular flexibility index (Phi) is 2.79. The normalized spacial score (nSPS) is 10.8. The molecule has 0 spiro atoms. The van der Waals surface area contributed by atoms with Gasteiger partial charge in [0.05, 0.1) is 5.69 Å². The number of pyridine rings is 1. The van der Waals surface area contributed by atoms with Crippen LogP contribution in [0.5, 0.6) is 0 Å². The zero-order chi connectivity index (χ0) is 9.14. The fourth-order valence-electron chi connectivity index (χ4n) is 1.13. The molecule has 1 nitrogen and oxygen atoms in total. The van der Waals surface area contributed by atoms with Crippen LogP contribution in [0.1, 0.15) is 25.1 Å². The van der Waals surface area contributed by atoms with Crippen LogP contribution in [0, 0.1) is 18.7 Å². The van der Waals surface area contributed by atoms with Crippen molar-refractivity contribution in [2.75, 3.05) is 0 Å². The number of hydrogen-bond donors (Lipinski definition) is 0.